The zero-order valence-corrected chi connectivity index (χ0v) is 10.2. The van der Waals surface area contributed by atoms with E-state index in [2.05, 4.69) is 5.32 Å². The van der Waals surface area contributed by atoms with Crippen molar-refractivity contribution in [3.8, 4) is 0 Å². The van der Waals surface area contributed by atoms with Gasteiger partial charge in [-0.2, -0.15) is 0 Å². The number of nitrogens with one attached hydrogen (secondary N) is 1. The van der Waals surface area contributed by atoms with Crippen molar-refractivity contribution in [1.29, 1.82) is 0 Å². The Bertz CT molecular complexity index is 258. The van der Waals surface area contributed by atoms with Crippen molar-refractivity contribution in [2.75, 3.05) is 31.3 Å². The van der Waals surface area contributed by atoms with Gasteiger partial charge < -0.3 is 10.1 Å². The molecule has 5 heteroatoms. The third-order valence-electron chi connectivity index (χ3n) is 2.52. The lowest BCUT2D eigenvalue weighted by Crippen LogP contribution is -2.39. The molecule has 0 aromatic heterocycles. The highest BCUT2D eigenvalue weighted by Gasteiger charge is 2.14. The molecule has 1 aliphatic heterocycles. The molecule has 0 saturated carbocycles. The molecule has 0 aromatic rings. The van der Waals surface area contributed by atoms with E-state index in [9.17, 15) is 8.42 Å². The van der Waals surface area contributed by atoms with E-state index in [-0.39, 0.29) is 5.75 Å². The number of sulfone groups is 1. The van der Waals surface area contributed by atoms with Gasteiger partial charge in [-0.1, -0.05) is 6.92 Å². The Morgan fingerprint density at radius 3 is 2.80 bits per heavy atom. The fourth-order valence-electron chi connectivity index (χ4n) is 1.73. The molecule has 1 rings (SSSR count). The second-order valence-corrected chi connectivity index (χ2v) is 6.32. The molecule has 0 amide bonds. The van der Waals surface area contributed by atoms with Crippen molar-refractivity contribution in [2.24, 2.45) is 0 Å². The molecule has 1 heterocycles. The fraction of sp³-hybridized carbons (Fsp3) is 1.00. The van der Waals surface area contributed by atoms with Crippen LogP contribution in [0.25, 0.3) is 0 Å². The normalized spacial score (nSPS) is 22.9. The van der Waals surface area contributed by atoms with Crippen LogP contribution in [0.2, 0.25) is 0 Å². The van der Waals surface area contributed by atoms with Crippen LogP contribution < -0.4 is 5.32 Å². The predicted octanol–water partition coefficient (Wildman–Crippen LogP) is 0.580. The van der Waals surface area contributed by atoms with Crippen LogP contribution >= 0.6 is 0 Å². The van der Waals surface area contributed by atoms with E-state index in [1.165, 1.54) is 0 Å². The molecule has 1 unspecified atom stereocenters. The molecule has 0 aromatic carbocycles. The molecule has 90 valence electrons. The summed E-state index contributed by atoms with van der Waals surface area (Å²) >= 11 is 0. The Hall–Kier alpha value is -0.130. The quantitative estimate of drug-likeness (QED) is 0.731. The molecule has 0 spiro atoms. The van der Waals surface area contributed by atoms with E-state index in [1.54, 1.807) is 0 Å². The first-order valence-corrected chi connectivity index (χ1v) is 7.48. The third-order valence-corrected chi connectivity index (χ3v) is 4.38. The van der Waals surface area contributed by atoms with Gasteiger partial charge in [0.05, 0.1) is 12.4 Å². The SMILES string of the molecule is CCCS(=O)(=O)CCNC1CCCOC1. The molecule has 1 fully saturated rings. The van der Waals surface area contributed by atoms with Gasteiger partial charge >= 0.3 is 0 Å². The topological polar surface area (TPSA) is 55.4 Å². The Morgan fingerprint density at radius 2 is 2.20 bits per heavy atom. The van der Waals surface area contributed by atoms with Gasteiger partial charge in [-0.25, -0.2) is 8.42 Å². The maximum Gasteiger partial charge on any atom is 0.151 e. The number of hydrogen-bond donors (Lipinski definition) is 1. The molecule has 0 radical (unpaired) electrons. The first-order chi connectivity index (χ1) is 7.14. The van der Waals surface area contributed by atoms with Gasteiger partial charge in [0.25, 0.3) is 0 Å². The monoisotopic (exact) mass is 235 g/mol. The van der Waals surface area contributed by atoms with Crippen molar-refractivity contribution in [3.05, 3.63) is 0 Å². The first-order valence-electron chi connectivity index (χ1n) is 5.65. The summed E-state index contributed by atoms with van der Waals surface area (Å²) in [6.07, 6.45) is 2.86. The number of hydrogen-bond acceptors (Lipinski definition) is 4. The predicted molar refractivity (Wildman–Crippen MR) is 60.8 cm³/mol. The second kappa shape index (κ2) is 6.45. The molecule has 15 heavy (non-hydrogen) atoms. The standard InChI is InChI=1S/C10H21NO3S/c1-2-7-15(12,13)8-5-11-10-4-3-6-14-9-10/h10-11H,2-9H2,1H3. The molecular weight excluding hydrogens is 214 g/mol. The fourth-order valence-corrected chi connectivity index (χ4v) is 2.99. The van der Waals surface area contributed by atoms with Crippen LogP contribution in [0.1, 0.15) is 26.2 Å². The largest absolute Gasteiger partial charge is 0.380 e. The van der Waals surface area contributed by atoms with E-state index in [1.807, 2.05) is 6.92 Å². The van der Waals surface area contributed by atoms with Gasteiger partial charge in [-0.15, -0.1) is 0 Å². The highest BCUT2D eigenvalue weighted by atomic mass is 32.2. The highest BCUT2D eigenvalue weighted by molar-refractivity contribution is 7.91. The number of rotatable bonds is 6. The summed E-state index contributed by atoms with van der Waals surface area (Å²) in [5, 5.41) is 3.23. The highest BCUT2D eigenvalue weighted by Crippen LogP contribution is 2.05. The van der Waals surface area contributed by atoms with Gasteiger partial charge in [0, 0.05) is 24.9 Å². The Kier molecular flexibility index (Phi) is 5.56. The summed E-state index contributed by atoms with van der Waals surface area (Å²) in [5.41, 5.74) is 0. The molecule has 0 aliphatic carbocycles. The van der Waals surface area contributed by atoms with E-state index in [0.717, 1.165) is 19.4 Å². The average molecular weight is 235 g/mol. The van der Waals surface area contributed by atoms with E-state index < -0.39 is 9.84 Å². The van der Waals surface area contributed by atoms with Crippen molar-refractivity contribution in [3.63, 3.8) is 0 Å². The van der Waals surface area contributed by atoms with Crippen LogP contribution in [0.15, 0.2) is 0 Å². The van der Waals surface area contributed by atoms with Gasteiger partial charge in [0.1, 0.15) is 0 Å². The molecule has 0 bridgehead atoms. The van der Waals surface area contributed by atoms with Crippen molar-refractivity contribution in [2.45, 2.75) is 32.2 Å². The lowest BCUT2D eigenvalue weighted by Gasteiger charge is -2.23. The lowest BCUT2D eigenvalue weighted by atomic mass is 10.1. The van der Waals surface area contributed by atoms with Gasteiger partial charge in [0.15, 0.2) is 9.84 Å². The molecule has 1 saturated heterocycles. The lowest BCUT2D eigenvalue weighted by molar-refractivity contribution is 0.0712. The molecule has 1 aliphatic rings. The van der Waals surface area contributed by atoms with E-state index >= 15 is 0 Å². The third kappa shape index (κ3) is 5.49. The van der Waals surface area contributed by atoms with Crippen LogP contribution in [0.3, 0.4) is 0 Å². The minimum atomic E-state index is -2.84. The first kappa shape index (κ1) is 12.9. The van der Waals surface area contributed by atoms with Crippen LogP contribution in [0.4, 0.5) is 0 Å². The average Bonchev–Trinajstić information content (AvgIpc) is 2.19. The molecule has 1 atom stereocenters. The van der Waals surface area contributed by atoms with Gasteiger partial charge in [-0.05, 0) is 19.3 Å². The summed E-state index contributed by atoms with van der Waals surface area (Å²) < 4.78 is 28.1. The second-order valence-electron chi connectivity index (χ2n) is 4.02. The summed E-state index contributed by atoms with van der Waals surface area (Å²) in [4.78, 5) is 0. The molecule has 4 nitrogen and oxygen atoms in total. The van der Waals surface area contributed by atoms with Crippen molar-refractivity contribution in [1.82, 2.24) is 5.32 Å². The summed E-state index contributed by atoms with van der Waals surface area (Å²) in [7, 11) is -2.84. The minimum Gasteiger partial charge on any atom is -0.380 e. The Morgan fingerprint density at radius 1 is 1.40 bits per heavy atom. The van der Waals surface area contributed by atoms with E-state index in [0.29, 0.717) is 31.4 Å². The van der Waals surface area contributed by atoms with Crippen LogP contribution in [0.5, 0.6) is 0 Å². The van der Waals surface area contributed by atoms with Gasteiger partial charge in [-0.3, -0.25) is 0 Å². The van der Waals surface area contributed by atoms with Crippen LogP contribution in [-0.2, 0) is 14.6 Å². The zero-order chi connectivity index (χ0) is 11.1. The van der Waals surface area contributed by atoms with Crippen LogP contribution in [-0.4, -0.2) is 45.7 Å². The molecule has 1 N–H and O–H groups in total. The summed E-state index contributed by atoms with van der Waals surface area (Å²) in [6.45, 7) is 4.00. The summed E-state index contributed by atoms with van der Waals surface area (Å²) in [5.74, 6) is 0.549. The van der Waals surface area contributed by atoms with Crippen LogP contribution in [0, 0.1) is 0 Å². The van der Waals surface area contributed by atoms with Crippen molar-refractivity contribution >= 4 is 9.84 Å². The van der Waals surface area contributed by atoms with E-state index in [4.69, 9.17) is 4.74 Å². The Labute approximate surface area is 92.3 Å². The number of ether oxygens (including phenoxy) is 1. The van der Waals surface area contributed by atoms with Crippen molar-refractivity contribution < 1.29 is 13.2 Å². The summed E-state index contributed by atoms with van der Waals surface area (Å²) in [6, 6.07) is 0.343. The molecular formula is C10H21NO3S. The zero-order valence-electron chi connectivity index (χ0n) is 9.37. The minimum absolute atomic E-state index is 0.247. The maximum absolute atomic E-state index is 11.4. The smallest absolute Gasteiger partial charge is 0.151 e. The Balaban J connectivity index is 2.14. The maximum atomic E-state index is 11.4. The van der Waals surface area contributed by atoms with Gasteiger partial charge in [0.2, 0.25) is 0 Å².